The van der Waals surface area contributed by atoms with Gasteiger partial charge >= 0.3 is 0 Å². The molecule has 2 fully saturated rings. The van der Waals surface area contributed by atoms with E-state index in [0.717, 1.165) is 82.3 Å². The van der Waals surface area contributed by atoms with Gasteiger partial charge in [0.1, 0.15) is 5.75 Å². The number of likely N-dealkylation sites (tertiary alicyclic amines) is 1. The van der Waals surface area contributed by atoms with Crippen LogP contribution in [0.3, 0.4) is 0 Å². The first-order valence-corrected chi connectivity index (χ1v) is 11.4. The summed E-state index contributed by atoms with van der Waals surface area (Å²) in [6.45, 7) is 7.28. The summed E-state index contributed by atoms with van der Waals surface area (Å²) in [5.74, 6) is 2.09. The van der Waals surface area contributed by atoms with E-state index in [1.54, 1.807) is 7.11 Å². The molecule has 1 aromatic rings. The zero-order valence-electron chi connectivity index (χ0n) is 18.9. The van der Waals surface area contributed by atoms with E-state index < -0.39 is 0 Å². The molecule has 2 saturated heterocycles. The van der Waals surface area contributed by atoms with Crippen molar-refractivity contribution < 1.29 is 9.53 Å². The summed E-state index contributed by atoms with van der Waals surface area (Å²) < 4.78 is 5.52. The molecule has 1 aromatic carbocycles. The largest absolute Gasteiger partial charge is 0.495 e. The number of amides is 1. The predicted molar refractivity (Wildman–Crippen MR) is 138 cm³/mol. The van der Waals surface area contributed by atoms with Crippen molar-refractivity contribution >= 4 is 41.5 Å². The van der Waals surface area contributed by atoms with Gasteiger partial charge in [-0.05, 0) is 44.7 Å². The maximum Gasteiger partial charge on any atom is 0.222 e. The Balaban J connectivity index is 0.00000341. The van der Waals surface area contributed by atoms with Gasteiger partial charge in [-0.3, -0.25) is 9.79 Å². The number of anilines is 1. The predicted octanol–water partition coefficient (Wildman–Crippen LogP) is 3.24. The fourth-order valence-electron chi connectivity index (χ4n) is 4.23. The fraction of sp³-hybridized carbons (Fsp3) is 0.652. The van der Waals surface area contributed by atoms with E-state index in [1.807, 2.05) is 17.0 Å². The molecule has 0 bridgehead atoms. The lowest BCUT2D eigenvalue weighted by atomic mass is 10.2. The number of halogens is 1. The minimum Gasteiger partial charge on any atom is -0.495 e. The van der Waals surface area contributed by atoms with Crippen LogP contribution in [0.15, 0.2) is 29.3 Å². The molecule has 1 amide bonds. The number of rotatable bonds is 8. The normalized spacial score (nSPS) is 19.6. The van der Waals surface area contributed by atoms with Gasteiger partial charge < -0.3 is 25.2 Å². The van der Waals surface area contributed by atoms with E-state index in [2.05, 4.69) is 34.6 Å². The Labute approximate surface area is 204 Å². The third-order valence-corrected chi connectivity index (χ3v) is 5.83. The maximum absolute atomic E-state index is 12.1. The van der Waals surface area contributed by atoms with E-state index in [-0.39, 0.29) is 24.0 Å². The molecule has 7 nitrogen and oxygen atoms in total. The zero-order chi connectivity index (χ0) is 21.2. The lowest BCUT2D eigenvalue weighted by Gasteiger charge is -2.22. The second-order valence-corrected chi connectivity index (χ2v) is 8.05. The van der Waals surface area contributed by atoms with E-state index in [1.165, 1.54) is 6.42 Å². The number of ether oxygens (including phenoxy) is 1. The average molecular weight is 543 g/mol. The molecule has 2 aliphatic heterocycles. The van der Waals surface area contributed by atoms with Crippen molar-refractivity contribution in [1.29, 1.82) is 0 Å². The van der Waals surface area contributed by atoms with E-state index in [4.69, 9.17) is 9.73 Å². The molecule has 8 heteroatoms. The molecule has 3 rings (SSSR count). The standard InChI is InChI=1S/C23H37N5O2.HI/c1-3-24-23(25-14-9-16-27-15-8-4-5-12-22(27)29)26-19-13-17-28(18-19)20-10-6-7-11-21(20)30-2;/h6-7,10-11,19H,3-5,8-9,12-18H2,1-2H3,(H2,24,25,26);1H. The summed E-state index contributed by atoms with van der Waals surface area (Å²) in [7, 11) is 1.72. The number of hydrogen-bond donors (Lipinski definition) is 2. The van der Waals surface area contributed by atoms with Gasteiger partial charge in [-0.15, -0.1) is 24.0 Å². The molecule has 0 spiro atoms. The second kappa shape index (κ2) is 13.6. The molecular weight excluding hydrogens is 505 g/mol. The average Bonchev–Trinajstić information content (AvgIpc) is 3.13. The molecule has 174 valence electrons. The van der Waals surface area contributed by atoms with E-state index in [0.29, 0.717) is 18.4 Å². The van der Waals surface area contributed by atoms with Crippen molar-refractivity contribution in [3.63, 3.8) is 0 Å². The Morgan fingerprint density at radius 3 is 2.87 bits per heavy atom. The number of aliphatic imine (C=N–C) groups is 1. The van der Waals surface area contributed by atoms with Gasteiger partial charge in [0.25, 0.3) is 0 Å². The molecular formula is C23H38IN5O2. The van der Waals surface area contributed by atoms with Crippen LogP contribution in [0.1, 0.15) is 45.4 Å². The number of hydrogen-bond acceptors (Lipinski definition) is 4. The van der Waals surface area contributed by atoms with Crippen LogP contribution in [0.5, 0.6) is 5.75 Å². The molecule has 2 heterocycles. The summed E-state index contributed by atoms with van der Waals surface area (Å²) in [5, 5.41) is 6.95. The van der Waals surface area contributed by atoms with Crippen molar-refractivity contribution in [2.45, 2.75) is 51.5 Å². The number of carbonyl (C=O) groups is 1. The number of methoxy groups -OCH3 is 1. The molecule has 0 aromatic heterocycles. The summed E-state index contributed by atoms with van der Waals surface area (Å²) in [5.41, 5.74) is 1.15. The van der Waals surface area contributed by atoms with Gasteiger partial charge in [0.05, 0.1) is 12.8 Å². The summed E-state index contributed by atoms with van der Waals surface area (Å²) >= 11 is 0. The summed E-state index contributed by atoms with van der Waals surface area (Å²) in [6.07, 6.45) is 6.00. The highest BCUT2D eigenvalue weighted by atomic mass is 127. The Morgan fingerprint density at radius 2 is 2.06 bits per heavy atom. The second-order valence-electron chi connectivity index (χ2n) is 8.05. The van der Waals surface area contributed by atoms with Crippen molar-refractivity contribution in [2.75, 3.05) is 51.3 Å². The van der Waals surface area contributed by atoms with Crippen LogP contribution < -0.4 is 20.3 Å². The molecule has 0 aliphatic carbocycles. The Morgan fingerprint density at radius 1 is 1.23 bits per heavy atom. The van der Waals surface area contributed by atoms with Gasteiger partial charge in [-0.25, -0.2) is 0 Å². The van der Waals surface area contributed by atoms with Gasteiger partial charge in [0, 0.05) is 51.7 Å². The first-order valence-electron chi connectivity index (χ1n) is 11.4. The molecule has 1 atom stereocenters. The van der Waals surface area contributed by atoms with Crippen LogP contribution >= 0.6 is 24.0 Å². The third-order valence-electron chi connectivity index (χ3n) is 5.83. The van der Waals surface area contributed by atoms with E-state index in [9.17, 15) is 4.79 Å². The van der Waals surface area contributed by atoms with Crippen molar-refractivity contribution in [2.24, 2.45) is 4.99 Å². The highest BCUT2D eigenvalue weighted by Crippen LogP contribution is 2.30. The summed E-state index contributed by atoms with van der Waals surface area (Å²) in [6, 6.07) is 8.53. The smallest absolute Gasteiger partial charge is 0.222 e. The van der Waals surface area contributed by atoms with Gasteiger partial charge in [-0.1, -0.05) is 18.6 Å². The van der Waals surface area contributed by atoms with Crippen LogP contribution in [-0.4, -0.2) is 69.2 Å². The Kier molecular flexibility index (Phi) is 11.2. The van der Waals surface area contributed by atoms with Crippen LogP contribution in [-0.2, 0) is 4.79 Å². The van der Waals surface area contributed by atoms with Crippen LogP contribution in [0, 0.1) is 0 Å². The Bertz CT molecular complexity index is 715. The lowest BCUT2D eigenvalue weighted by Crippen LogP contribution is -2.44. The van der Waals surface area contributed by atoms with E-state index >= 15 is 0 Å². The van der Waals surface area contributed by atoms with Crippen LogP contribution in [0.4, 0.5) is 5.69 Å². The first-order chi connectivity index (χ1) is 14.7. The van der Waals surface area contributed by atoms with Crippen LogP contribution in [0.2, 0.25) is 0 Å². The lowest BCUT2D eigenvalue weighted by molar-refractivity contribution is -0.130. The molecule has 0 radical (unpaired) electrons. The highest BCUT2D eigenvalue weighted by molar-refractivity contribution is 14.0. The van der Waals surface area contributed by atoms with Crippen LogP contribution in [0.25, 0.3) is 0 Å². The number of benzene rings is 1. The number of nitrogens with one attached hydrogen (secondary N) is 2. The van der Waals surface area contributed by atoms with Gasteiger partial charge in [0.15, 0.2) is 5.96 Å². The zero-order valence-corrected chi connectivity index (χ0v) is 21.3. The molecule has 31 heavy (non-hydrogen) atoms. The minimum atomic E-state index is 0. The molecule has 1 unspecified atom stereocenters. The SMILES string of the molecule is CCNC(=NCCCN1CCCCCC1=O)NC1CCN(c2ccccc2OC)C1.I. The monoisotopic (exact) mass is 543 g/mol. The quantitative estimate of drug-likeness (QED) is 0.228. The van der Waals surface area contributed by atoms with Gasteiger partial charge in [0.2, 0.25) is 5.91 Å². The van der Waals surface area contributed by atoms with Crippen molar-refractivity contribution in [1.82, 2.24) is 15.5 Å². The topological polar surface area (TPSA) is 69.2 Å². The number of carbonyl (C=O) groups excluding carboxylic acids is 1. The minimum absolute atomic E-state index is 0. The first kappa shape index (κ1) is 25.5. The molecule has 2 N–H and O–H groups in total. The Hall–Kier alpha value is -1.71. The van der Waals surface area contributed by atoms with Gasteiger partial charge in [-0.2, -0.15) is 0 Å². The number of nitrogens with zero attached hydrogens (tertiary/aromatic N) is 3. The highest BCUT2D eigenvalue weighted by Gasteiger charge is 2.25. The fourth-order valence-corrected chi connectivity index (χ4v) is 4.23. The molecule has 2 aliphatic rings. The third kappa shape index (κ3) is 7.73. The summed E-state index contributed by atoms with van der Waals surface area (Å²) in [4.78, 5) is 21.3. The number of guanidine groups is 1. The van der Waals surface area contributed by atoms with Crippen molar-refractivity contribution in [3.05, 3.63) is 24.3 Å². The molecule has 0 saturated carbocycles. The van der Waals surface area contributed by atoms with Crippen molar-refractivity contribution in [3.8, 4) is 5.75 Å². The number of para-hydroxylation sites is 2. The maximum atomic E-state index is 12.1.